The van der Waals surface area contributed by atoms with Crippen molar-refractivity contribution in [3.63, 3.8) is 0 Å². The predicted octanol–water partition coefficient (Wildman–Crippen LogP) is 2.20. The van der Waals surface area contributed by atoms with Gasteiger partial charge in [-0.3, -0.25) is 9.48 Å². The van der Waals surface area contributed by atoms with E-state index in [1.807, 2.05) is 27.8 Å². The van der Waals surface area contributed by atoms with Gasteiger partial charge in [-0.05, 0) is 37.0 Å². The van der Waals surface area contributed by atoms with Crippen LogP contribution < -0.4 is 10.1 Å². The molecule has 1 N–H and O–H groups in total. The Morgan fingerprint density at radius 2 is 2.23 bits per heavy atom. The SMILES string of the molecule is C=CCn1nc(C(=O)N2CCOCC2)c2c1CC[C@@H](NCc1cccc(OC)c1)C2. The summed E-state index contributed by atoms with van der Waals surface area (Å²) in [6, 6.07) is 8.42. The fourth-order valence-corrected chi connectivity index (χ4v) is 4.27. The summed E-state index contributed by atoms with van der Waals surface area (Å²) in [5.41, 5.74) is 4.04. The minimum absolute atomic E-state index is 0.0193. The van der Waals surface area contributed by atoms with Crippen molar-refractivity contribution in [1.29, 1.82) is 0 Å². The van der Waals surface area contributed by atoms with Crippen molar-refractivity contribution in [3.8, 4) is 5.75 Å². The van der Waals surface area contributed by atoms with Gasteiger partial charge in [0, 0.05) is 36.9 Å². The van der Waals surface area contributed by atoms with Gasteiger partial charge in [0.25, 0.3) is 5.91 Å². The van der Waals surface area contributed by atoms with Gasteiger partial charge < -0.3 is 19.7 Å². The summed E-state index contributed by atoms with van der Waals surface area (Å²) in [7, 11) is 1.68. The molecule has 1 aliphatic carbocycles. The highest BCUT2D eigenvalue weighted by atomic mass is 16.5. The summed E-state index contributed by atoms with van der Waals surface area (Å²) in [5.74, 6) is 0.884. The smallest absolute Gasteiger partial charge is 0.274 e. The van der Waals surface area contributed by atoms with E-state index in [4.69, 9.17) is 14.6 Å². The van der Waals surface area contributed by atoms with Crippen molar-refractivity contribution in [1.82, 2.24) is 20.0 Å². The van der Waals surface area contributed by atoms with Crippen LogP contribution in [0.4, 0.5) is 0 Å². The molecule has 1 fully saturated rings. The molecule has 0 saturated carbocycles. The Hall–Kier alpha value is -2.64. The number of allylic oxidation sites excluding steroid dienone is 1. The van der Waals surface area contributed by atoms with Crippen LogP contribution in [0.15, 0.2) is 36.9 Å². The minimum Gasteiger partial charge on any atom is -0.497 e. The molecule has 1 aromatic heterocycles. The minimum atomic E-state index is 0.0193. The molecule has 1 aromatic carbocycles. The van der Waals surface area contributed by atoms with E-state index >= 15 is 0 Å². The third-order valence-corrected chi connectivity index (χ3v) is 5.88. The molecule has 1 amide bonds. The van der Waals surface area contributed by atoms with Gasteiger partial charge in [-0.2, -0.15) is 5.10 Å². The molecule has 0 radical (unpaired) electrons. The summed E-state index contributed by atoms with van der Waals surface area (Å²) in [4.78, 5) is 15.0. The van der Waals surface area contributed by atoms with Crippen LogP contribution in [-0.2, 0) is 30.7 Å². The van der Waals surface area contributed by atoms with Gasteiger partial charge in [0.1, 0.15) is 5.75 Å². The second-order valence-corrected chi connectivity index (χ2v) is 7.82. The maximum absolute atomic E-state index is 13.2. The first-order chi connectivity index (χ1) is 14.7. The molecular formula is C23H30N4O3. The number of methoxy groups -OCH3 is 1. The third-order valence-electron chi connectivity index (χ3n) is 5.88. The summed E-state index contributed by atoms with van der Waals surface area (Å²) >= 11 is 0. The number of carbonyl (C=O) groups excluding carboxylic acids is 1. The zero-order valence-corrected chi connectivity index (χ0v) is 17.6. The predicted molar refractivity (Wildman–Crippen MR) is 115 cm³/mol. The van der Waals surface area contributed by atoms with E-state index in [0.717, 1.165) is 37.1 Å². The van der Waals surface area contributed by atoms with Gasteiger partial charge in [-0.25, -0.2) is 0 Å². The van der Waals surface area contributed by atoms with Gasteiger partial charge in [-0.15, -0.1) is 6.58 Å². The number of morpholine rings is 1. The van der Waals surface area contributed by atoms with Gasteiger partial charge >= 0.3 is 0 Å². The lowest BCUT2D eigenvalue weighted by Gasteiger charge is -2.28. The number of benzene rings is 1. The van der Waals surface area contributed by atoms with E-state index in [0.29, 0.717) is 44.6 Å². The maximum atomic E-state index is 13.2. The largest absolute Gasteiger partial charge is 0.497 e. The molecule has 0 spiro atoms. The van der Waals surface area contributed by atoms with Crippen LogP contribution in [0.2, 0.25) is 0 Å². The van der Waals surface area contributed by atoms with Gasteiger partial charge in [0.2, 0.25) is 0 Å². The normalized spacial score (nSPS) is 18.7. The average molecular weight is 411 g/mol. The van der Waals surface area contributed by atoms with Gasteiger partial charge in [-0.1, -0.05) is 18.2 Å². The first-order valence-corrected chi connectivity index (χ1v) is 10.6. The van der Waals surface area contributed by atoms with Crippen molar-refractivity contribution in [2.45, 2.75) is 38.4 Å². The van der Waals surface area contributed by atoms with E-state index in [-0.39, 0.29) is 5.91 Å². The molecule has 7 heteroatoms. The molecule has 0 unspecified atom stereocenters. The van der Waals surface area contributed by atoms with E-state index in [1.165, 1.54) is 11.3 Å². The van der Waals surface area contributed by atoms with Crippen molar-refractivity contribution < 1.29 is 14.3 Å². The Morgan fingerprint density at radius 3 is 3.00 bits per heavy atom. The van der Waals surface area contributed by atoms with E-state index in [1.54, 1.807) is 7.11 Å². The van der Waals surface area contributed by atoms with Crippen molar-refractivity contribution in [2.24, 2.45) is 0 Å². The number of hydrogen-bond acceptors (Lipinski definition) is 5. The molecule has 2 heterocycles. The highest BCUT2D eigenvalue weighted by Crippen LogP contribution is 2.27. The van der Waals surface area contributed by atoms with Crippen LogP contribution in [0.25, 0.3) is 0 Å². The third kappa shape index (κ3) is 4.42. The summed E-state index contributed by atoms with van der Waals surface area (Å²) in [6.07, 6.45) is 4.57. The van der Waals surface area contributed by atoms with Crippen LogP contribution in [-0.4, -0.2) is 60.0 Å². The summed E-state index contributed by atoms with van der Waals surface area (Å²) in [5, 5.41) is 8.36. The van der Waals surface area contributed by atoms with Crippen molar-refractivity contribution >= 4 is 5.91 Å². The molecule has 2 aliphatic rings. The zero-order valence-electron chi connectivity index (χ0n) is 17.6. The van der Waals surface area contributed by atoms with Gasteiger partial charge in [0.15, 0.2) is 5.69 Å². The average Bonchev–Trinajstić information content (AvgIpc) is 3.16. The van der Waals surface area contributed by atoms with E-state index in [9.17, 15) is 4.79 Å². The number of carbonyl (C=O) groups is 1. The molecule has 2 aromatic rings. The molecule has 1 saturated heterocycles. The Balaban J connectivity index is 1.50. The number of aromatic nitrogens is 2. The highest BCUT2D eigenvalue weighted by molar-refractivity contribution is 5.94. The second kappa shape index (κ2) is 9.45. The standard InChI is InChI=1S/C23H30N4O3/c1-3-9-27-21-8-7-18(24-16-17-5-4-6-19(14-17)29-2)15-20(21)22(25-27)23(28)26-10-12-30-13-11-26/h3-6,14,18,24H,1,7-13,15-16H2,2H3/t18-/m1/s1. The van der Waals surface area contributed by atoms with Crippen LogP contribution in [0, 0.1) is 0 Å². The monoisotopic (exact) mass is 410 g/mol. The molecule has 30 heavy (non-hydrogen) atoms. The molecule has 7 nitrogen and oxygen atoms in total. The van der Waals surface area contributed by atoms with Crippen LogP contribution in [0.5, 0.6) is 5.75 Å². The fourth-order valence-electron chi connectivity index (χ4n) is 4.27. The summed E-state index contributed by atoms with van der Waals surface area (Å²) < 4.78 is 12.7. The molecule has 4 rings (SSSR count). The molecule has 0 bridgehead atoms. The molecule has 1 aliphatic heterocycles. The lowest BCUT2D eigenvalue weighted by atomic mass is 9.90. The van der Waals surface area contributed by atoms with Crippen LogP contribution in [0.1, 0.15) is 33.7 Å². The number of ether oxygens (including phenoxy) is 2. The molecular weight excluding hydrogens is 380 g/mol. The second-order valence-electron chi connectivity index (χ2n) is 7.82. The number of amides is 1. The molecule has 160 valence electrons. The van der Waals surface area contributed by atoms with E-state index < -0.39 is 0 Å². The lowest BCUT2D eigenvalue weighted by Crippen LogP contribution is -2.41. The highest BCUT2D eigenvalue weighted by Gasteiger charge is 2.31. The Bertz CT molecular complexity index is 902. The number of hydrogen-bond donors (Lipinski definition) is 1. The Morgan fingerprint density at radius 1 is 1.40 bits per heavy atom. The van der Waals surface area contributed by atoms with Crippen LogP contribution in [0.3, 0.4) is 0 Å². The number of nitrogens with zero attached hydrogens (tertiary/aromatic N) is 3. The van der Waals surface area contributed by atoms with Crippen molar-refractivity contribution in [2.75, 3.05) is 33.4 Å². The lowest BCUT2D eigenvalue weighted by molar-refractivity contribution is 0.0297. The Labute approximate surface area is 177 Å². The van der Waals surface area contributed by atoms with Crippen LogP contribution >= 0.6 is 0 Å². The Kier molecular flexibility index (Phi) is 6.50. The maximum Gasteiger partial charge on any atom is 0.274 e. The number of rotatable bonds is 7. The first-order valence-electron chi connectivity index (χ1n) is 10.6. The van der Waals surface area contributed by atoms with Gasteiger partial charge in [0.05, 0.1) is 26.9 Å². The zero-order chi connectivity index (χ0) is 20.9. The topological polar surface area (TPSA) is 68.6 Å². The van der Waals surface area contributed by atoms with Crippen molar-refractivity contribution in [3.05, 3.63) is 59.4 Å². The number of fused-ring (bicyclic) bond motifs is 1. The fraction of sp³-hybridized carbons (Fsp3) is 0.478. The first kappa shape index (κ1) is 20.6. The summed E-state index contributed by atoms with van der Waals surface area (Å²) in [6.45, 7) is 7.67. The quantitative estimate of drug-likeness (QED) is 0.709. The number of nitrogens with one attached hydrogen (secondary N) is 1. The molecule has 1 atom stereocenters. The van der Waals surface area contributed by atoms with E-state index in [2.05, 4.69) is 24.0 Å².